The van der Waals surface area contributed by atoms with Crippen LogP contribution in [-0.4, -0.2) is 13.2 Å². The molecule has 0 radical (unpaired) electrons. The second-order valence-corrected chi connectivity index (χ2v) is 5.73. The summed E-state index contributed by atoms with van der Waals surface area (Å²) < 4.78 is 11.5. The molecule has 2 heteroatoms. The molecule has 1 fully saturated rings. The van der Waals surface area contributed by atoms with Crippen LogP contribution in [0.3, 0.4) is 0 Å². The van der Waals surface area contributed by atoms with Crippen molar-refractivity contribution in [2.75, 3.05) is 13.2 Å². The van der Waals surface area contributed by atoms with Crippen LogP contribution in [-0.2, 0) is 10.2 Å². The van der Waals surface area contributed by atoms with Gasteiger partial charge in [-0.25, -0.2) is 0 Å². The number of hydrogen-bond donors (Lipinski definition) is 0. The van der Waals surface area contributed by atoms with E-state index in [2.05, 4.69) is 44.7 Å². The van der Waals surface area contributed by atoms with E-state index in [9.17, 15) is 0 Å². The maximum atomic E-state index is 5.93. The van der Waals surface area contributed by atoms with Gasteiger partial charge >= 0.3 is 0 Å². The van der Waals surface area contributed by atoms with Crippen LogP contribution in [0.2, 0.25) is 0 Å². The molecule has 0 saturated carbocycles. The Hall–Kier alpha value is -1.54. The number of ether oxygens (including phenoxy) is 2. The van der Waals surface area contributed by atoms with Gasteiger partial charge in [-0.2, -0.15) is 0 Å². The summed E-state index contributed by atoms with van der Waals surface area (Å²) in [5.41, 5.74) is 2.60. The van der Waals surface area contributed by atoms with Crippen molar-refractivity contribution in [3.63, 3.8) is 0 Å². The number of fused-ring (bicyclic) bond motifs is 2. The second-order valence-electron chi connectivity index (χ2n) is 5.73. The van der Waals surface area contributed by atoms with Crippen LogP contribution in [0.5, 0.6) is 5.75 Å². The van der Waals surface area contributed by atoms with Crippen LogP contribution in [0.25, 0.3) is 6.08 Å². The van der Waals surface area contributed by atoms with Crippen molar-refractivity contribution < 1.29 is 9.47 Å². The van der Waals surface area contributed by atoms with Crippen molar-refractivity contribution in [2.45, 2.75) is 25.7 Å². The summed E-state index contributed by atoms with van der Waals surface area (Å²) in [6.07, 6.45) is 5.51. The molecule has 0 amide bonds. The Morgan fingerprint density at radius 1 is 1.42 bits per heavy atom. The van der Waals surface area contributed by atoms with E-state index in [0.717, 1.165) is 31.1 Å². The largest absolute Gasteiger partial charge is 0.461 e. The normalized spacial score (nSPS) is 24.2. The first-order chi connectivity index (χ1) is 9.12. The summed E-state index contributed by atoms with van der Waals surface area (Å²) in [7, 11) is 0. The van der Waals surface area contributed by atoms with Crippen LogP contribution in [0.1, 0.15) is 31.4 Å². The molecule has 0 aromatic heterocycles. The van der Waals surface area contributed by atoms with E-state index >= 15 is 0 Å². The number of hydrogen-bond acceptors (Lipinski definition) is 2. The molecule has 1 aliphatic heterocycles. The zero-order chi connectivity index (χ0) is 13.5. The minimum atomic E-state index is 0.0772. The van der Waals surface area contributed by atoms with Crippen molar-refractivity contribution in [2.24, 2.45) is 5.92 Å². The summed E-state index contributed by atoms with van der Waals surface area (Å²) in [5.74, 6) is 2.05. The van der Waals surface area contributed by atoms with E-state index < -0.39 is 0 Å². The Morgan fingerprint density at radius 2 is 2.26 bits per heavy atom. The molecule has 19 heavy (non-hydrogen) atoms. The quantitative estimate of drug-likeness (QED) is 0.763. The molecule has 2 aliphatic rings. The SMILES string of the molecule is C=C(Oc1cccc2c1C=CC21CCOC1)C(C)C. The lowest BCUT2D eigenvalue weighted by atomic mass is 9.82. The molecule has 3 rings (SSSR count). The first-order valence-corrected chi connectivity index (χ1v) is 6.89. The van der Waals surface area contributed by atoms with Crippen molar-refractivity contribution in [1.82, 2.24) is 0 Å². The van der Waals surface area contributed by atoms with E-state index in [4.69, 9.17) is 9.47 Å². The van der Waals surface area contributed by atoms with Crippen molar-refractivity contribution >= 4 is 6.08 Å². The van der Waals surface area contributed by atoms with Gasteiger partial charge in [-0.05, 0) is 18.1 Å². The third-order valence-corrected chi connectivity index (χ3v) is 4.11. The van der Waals surface area contributed by atoms with Gasteiger partial charge in [0.15, 0.2) is 0 Å². The van der Waals surface area contributed by atoms with E-state index in [1.54, 1.807) is 0 Å². The molecular weight excluding hydrogens is 236 g/mol. The number of benzene rings is 1. The van der Waals surface area contributed by atoms with Gasteiger partial charge < -0.3 is 9.47 Å². The predicted octanol–water partition coefficient (Wildman–Crippen LogP) is 3.92. The molecule has 1 atom stereocenters. The Kier molecular flexibility index (Phi) is 2.98. The van der Waals surface area contributed by atoms with Gasteiger partial charge in [-0.1, -0.05) is 44.7 Å². The van der Waals surface area contributed by atoms with Gasteiger partial charge in [0.2, 0.25) is 0 Å². The number of allylic oxidation sites excluding steroid dienone is 1. The molecule has 0 bridgehead atoms. The highest BCUT2D eigenvalue weighted by Crippen LogP contribution is 2.45. The Morgan fingerprint density at radius 3 is 2.95 bits per heavy atom. The average Bonchev–Trinajstić information content (AvgIpc) is 3.00. The lowest BCUT2D eigenvalue weighted by Gasteiger charge is -2.22. The molecule has 1 aromatic rings. The Bertz CT molecular complexity index is 534. The highest BCUT2D eigenvalue weighted by atomic mass is 16.5. The van der Waals surface area contributed by atoms with Crippen molar-refractivity contribution in [3.05, 3.63) is 47.7 Å². The summed E-state index contributed by atoms with van der Waals surface area (Å²) >= 11 is 0. The van der Waals surface area contributed by atoms with Crippen LogP contribution in [0.4, 0.5) is 0 Å². The lowest BCUT2D eigenvalue weighted by Crippen LogP contribution is -2.21. The van der Waals surface area contributed by atoms with Gasteiger partial charge in [0.05, 0.1) is 12.4 Å². The fraction of sp³-hybridized carbons (Fsp3) is 0.412. The molecule has 1 aliphatic carbocycles. The van der Waals surface area contributed by atoms with E-state index in [1.807, 2.05) is 6.07 Å². The number of rotatable bonds is 3. The second kappa shape index (κ2) is 4.53. The molecule has 1 heterocycles. The van der Waals surface area contributed by atoms with Gasteiger partial charge in [0.1, 0.15) is 5.75 Å². The first-order valence-electron chi connectivity index (χ1n) is 6.89. The maximum Gasteiger partial charge on any atom is 0.134 e. The highest BCUT2D eigenvalue weighted by molar-refractivity contribution is 5.71. The van der Waals surface area contributed by atoms with Crippen LogP contribution in [0.15, 0.2) is 36.6 Å². The van der Waals surface area contributed by atoms with Crippen LogP contribution >= 0.6 is 0 Å². The molecule has 1 aromatic carbocycles. The molecule has 2 nitrogen and oxygen atoms in total. The van der Waals surface area contributed by atoms with Crippen LogP contribution in [0, 0.1) is 5.92 Å². The third-order valence-electron chi connectivity index (χ3n) is 4.11. The van der Waals surface area contributed by atoms with Crippen molar-refractivity contribution in [3.8, 4) is 5.75 Å². The molecular formula is C17H20O2. The Labute approximate surface area is 114 Å². The van der Waals surface area contributed by atoms with Gasteiger partial charge in [0.25, 0.3) is 0 Å². The topological polar surface area (TPSA) is 18.5 Å². The van der Waals surface area contributed by atoms with Gasteiger partial charge in [-0.15, -0.1) is 0 Å². The predicted molar refractivity (Wildman–Crippen MR) is 77.2 cm³/mol. The fourth-order valence-electron chi connectivity index (χ4n) is 2.76. The van der Waals surface area contributed by atoms with Gasteiger partial charge in [0, 0.05) is 23.5 Å². The maximum absolute atomic E-state index is 5.93. The van der Waals surface area contributed by atoms with Gasteiger partial charge in [-0.3, -0.25) is 0 Å². The molecule has 1 spiro atoms. The third kappa shape index (κ3) is 2.00. The van der Waals surface area contributed by atoms with E-state index in [-0.39, 0.29) is 5.41 Å². The highest BCUT2D eigenvalue weighted by Gasteiger charge is 2.39. The molecule has 0 N–H and O–H groups in total. The summed E-state index contributed by atoms with van der Waals surface area (Å²) in [6.45, 7) is 9.80. The first kappa shape index (κ1) is 12.5. The molecule has 1 unspecified atom stereocenters. The zero-order valence-corrected chi connectivity index (χ0v) is 11.6. The molecule has 1 saturated heterocycles. The fourth-order valence-corrected chi connectivity index (χ4v) is 2.76. The van der Waals surface area contributed by atoms with E-state index in [1.165, 1.54) is 11.1 Å². The smallest absolute Gasteiger partial charge is 0.134 e. The minimum Gasteiger partial charge on any atom is -0.461 e. The van der Waals surface area contributed by atoms with Crippen molar-refractivity contribution in [1.29, 1.82) is 0 Å². The Balaban J connectivity index is 1.96. The molecule has 100 valence electrons. The minimum absolute atomic E-state index is 0.0772. The standard InChI is InChI=1S/C17H20O2/c1-12(2)13(3)19-16-6-4-5-15-14(16)7-8-17(15)9-10-18-11-17/h4-8,12H,3,9-11H2,1-2H3. The summed E-state index contributed by atoms with van der Waals surface area (Å²) in [5, 5.41) is 0. The van der Waals surface area contributed by atoms with E-state index in [0.29, 0.717) is 5.92 Å². The van der Waals surface area contributed by atoms with Crippen LogP contribution < -0.4 is 4.74 Å². The average molecular weight is 256 g/mol. The lowest BCUT2D eigenvalue weighted by molar-refractivity contribution is 0.186. The monoisotopic (exact) mass is 256 g/mol. The summed E-state index contributed by atoms with van der Waals surface area (Å²) in [4.78, 5) is 0. The summed E-state index contributed by atoms with van der Waals surface area (Å²) in [6, 6.07) is 6.27. The zero-order valence-electron chi connectivity index (χ0n) is 11.6.